The fourth-order valence-electron chi connectivity index (χ4n) is 4.22. The molecule has 2 amide bonds. The summed E-state index contributed by atoms with van der Waals surface area (Å²) in [7, 11) is -2.41. The van der Waals surface area contributed by atoms with Crippen molar-refractivity contribution in [3.8, 4) is 0 Å². The van der Waals surface area contributed by atoms with Gasteiger partial charge in [-0.25, -0.2) is 8.42 Å². The van der Waals surface area contributed by atoms with Crippen LogP contribution in [0.15, 0.2) is 59.5 Å². The van der Waals surface area contributed by atoms with Crippen LogP contribution in [0.2, 0.25) is 0 Å². The molecule has 1 aliphatic heterocycles. The number of para-hydroxylation sites is 1. The number of sulfonamides is 1. The Kier molecular flexibility index (Phi) is 6.53. The maximum atomic E-state index is 12.9. The number of likely N-dealkylation sites (N-methyl/N-ethyl adjacent to an activating group) is 1. The zero-order valence-electron chi connectivity index (χ0n) is 18.7. The van der Waals surface area contributed by atoms with Gasteiger partial charge in [0, 0.05) is 49.9 Å². The summed E-state index contributed by atoms with van der Waals surface area (Å²) in [5.41, 5.74) is 2.81. The smallest absolute Gasteiger partial charge is 0.243 e. The van der Waals surface area contributed by atoms with E-state index in [0.29, 0.717) is 24.7 Å². The number of nitrogens with zero attached hydrogens (tertiary/aromatic N) is 2. The summed E-state index contributed by atoms with van der Waals surface area (Å²) in [6.07, 6.45) is 1.67. The Labute approximate surface area is 193 Å². The lowest BCUT2D eigenvalue weighted by molar-refractivity contribution is -0.132. The highest BCUT2D eigenvalue weighted by Gasteiger charge is 2.28. The fourth-order valence-corrected chi connectivity index (χ4v) is 5.34. The second-order valence-electron chi connectivity index (χ2n) is 8.43. The zero-order chi connectivity index (χ0) is 23.6. The summed E-state index contributed by atoms with van der Waals surface area (Å²) in [6.45, 7) is 2.36. The number of fused-ring (bicyclic) bond motifs is 1. The van der Waals surface area contributed by atoms with Crippen LogP contribution in [0.5, 0.6) is 0 Å². The molecule has 4 rings (SSSR count). The number of aromatic nitrogens is 1. The van der Waals surface area contributed by atoms with E-state index in [9.17, 15) is 18.0 Å². The lowest BCUT2D eigenvalue weighted by Gasteiger charge is -2.32. The summed E-state index contributed by atoms with van der Waals surface area (Å²) in [5.74, 6) is -0.0855. The molecule has 2 aromatic carbocycles. The van der Waals surface area contributed by atoms with Gasteiger partial charge in [0.05, 0.1) is 11.4 Å². The van der Waals surface area contributed by atoms with E-state index in [0.717, 1.165) is 22.7 Å². The monoisotopic (exact) mass is 468 g/mol. The van der Waals surface area contributed by atoms with Crippen molar-refractivity contribution >= 4 is 38.4 Å². The van der Waals surface area contributed by atoms with Gasteiger partial charge in [-0.3, -0.25) is 9.59 Å². The topological polar surface area (TPSA) is 103 Å². The molecule has 1 aliphatic rings. The number of carbonyl (C=O) groups is 2. The number of nitrogens with one attached hydrogen (secondary N) is 2. The Hall–Kier alpha value is -3.17. The molecule has 8 nitrogen and oxygen atoms in total. The number of piperidine rings is 1. The second-order valence-corrected chi connectivity index (χ2v) is 10.5. The van der Waals surface area contributed by atoms with Gasteiger partial charge in [-0.1, -0.05) is 18.2 Å². The van der Waals surface area contributed by atoms with Gasteiger partial charge >= 0.3 is 0 Å². The number of hydrogen-bond acceptors (Lipinski definition) is 4. The molecule has 174 valence electrons. The van der Waals surface area contributed by atoms with Crippen molar-refractivity contribution < 1.29 is 18.0 Å². The molecule has 1 saturated heterocycles. The van der Waals surface area contributed by atoms with E-state index in [1.165, 1.54) is 49.3 Å². The molecule has 2 N–H and O–H groups in total. The molecule has 9 heteroatoms. The van der Waals surface area contributed by atoms with E-state index < -0.39 is 10.0 Å². The van der Waals surface area contributed by atoms with Crippen LogP contribution in [0.1, 0.15) is 31.4 Å². The largest absolute Gasteiger partial charge is 0.358 e. The molecule has 0 atom stereocenters. The van der Waals surface area contributed by atoms with E-state index in [1.807, 2.05) is 12.1 Å². The summed E-state index contributed by atoms with van der Waals surface area (Å²) in [5, 5.41) is 3.78. The molecule has 0 aliphatic carbocycles. The highest BCUT2D eigenvalue weighted by Crippen LogP contribution is 2.30. The Balaban J connectivity index is 1.34. The molecule has 2 heterocycles. The van der Waals surface area contributed by atoms with Crippen molar-refractivity contribution in [1.82, 2.24) is 14.2 Å². The molecule has 0 bridgehead atoms. The third-order valence-electron chi connectivity index (χ3n) is 6.08. The molecule has 0 spiro atoms. The predicted octanol–water partition coefficient (Wildman–Crippen LogP) is 3.15. The summed E-state index contributed by atoms with van der Waals surface area (Å²) < 4.78 is 26.8. The number of anilines is 1. The number of aromatic amines is 1. The van der Waals surface area contributed by atoms with Gasteiger partial charge < -0.3 is 15.2 Å². The minimum Gasteiger partial charge on any atom is -0.358 e. The van der Waals surface area contributed by atoms with Crippen LogP contribution in [0.3, 0.4) is 0 Å². The molecule has 33 heavy (non-hydrogen) atoms. The molecule has 3 aromatic rings. The zero-order valence-corrected chi connectivity index (χ0v) is 19.6. The molecular formula is C24H28N4O4S. The first-order chi connectivity index (χ1) is 15.7. The van der Waals surface area contributed by atoms with Crippen LogP contribution < -0.4 is 5.32 Å². The first-order valence-electron chi connectivity index (χ1n) is 10.9. The van der Waals surface area contributed by atoms with E-state index in [2.05, 4.69) is 28.5 Å². The number of hydrogen-bond donors (Lipinski definition) is 2. The van der Waals surface area contributed by atoms with Crippen molar-refractivity contribution in [1.29, 1.82) is 0 Å². The summed E-state index contributed by atoms with van der Waals surface area (Å²) in [6, 6.07) is 16.2. The van der Waals surface area contributed by atoms with E-state index in [4.69, 9.17) is 0 Å². The minimum absolute atomic E-state index is 0.0735. The number of amides is 2. The van der Waals surface area contributed by atoms with E-state index in [-0.39, 0.29) is 23.3 Å². The van der Waals surface area contributed by atoms with Gasteiger partial charge in [-0.2, -0.15) is 4.31 Å². The quantitative estimate of drug-likeness (QED) is 0.580. The van der Waals surface area contributed by atoms with Gasteiger partial charge in [0.2, 0.25) is 21.8 Å². The summed E-state index contributed by atoms with van der Waals surface area (Å²) >= 11 is 0. The van der Waals surface area contributed by atoms with Gasteiger partial charge in [0.1, 0.15) is 0 Å². The average molecular weight is 469 g/mol. The molecule has 0 unspecified atom stereocenters. The maximum absolute atomic E-state index is 12.9. The average Bonchev–Trinajstić information content (AvgIpc) is 3.23. The number of benzene rings is 2. The maximum Gasteiger partial charge on any atom is 0.243 e. The number of rotatable bonds is 6. The number of carbonyl (C=O) groups excluding carboxylic acids is 2. The Morgan fingerprint density at radius 2 is 1.76 bits per heavy atom. The third kappa shape index (κ3) is 5.09. The Morgan fingerprint density at radius 1 is 1.09 bits per heavy atom. The predicted molar refractivity (Wildman–Crippen MR) is 127 cm³/mol. The van der Waals surface area contributed by atoms with Crippen LogP contribution in [-0.4, -0.2) is 61.1 Å². The SMILES string of the molecule is CC(=O)Nc1ccc(S(=O)(=O)N(C)CC(=O)N2CCC(c3cc4ccccc4[nH]3)CC2)cc1. The van der Waals surface area contributed by atoms with E-state index in [1.54, 1.807) is 4.90 Å². The van der Waals surface area contributed by atoms with Crippen molar-refractivity contribution in [2.24, 2.45) is 0 Å². The first-order valence-corrected chi connectivity index (χ1v) is 12.4. The van der Waals surface area contributed by atoms with Gasteiger partial charge in [0.15, 0.2) is 0 Å². The highest BCUT2D eigenvalue weighted by atomic mass is 32.2. The Bertz CT molecular complexity index is 1230. The van der Waals surface area contributed by atoms with Gasteiger partial charge in [-0.05, 0) is 54.6 Å². The number of H-pyrrole nitrogens is 1. The normalized spacial score (nSPS) is 15.2. The van der Waals surface area contributed by atoms with Crippen molar-refractivity contribution in [3.05, 3.63) is 60.3 Å². The Morgan fingerprint density at radius 3 is 2.39 bits per heavy atom. The van der Waals surface area contributed by atoms with E-state index >= 15 is 0 Å². The third-order valence-corrected chi connectivity index (χ3v) is 7.90. The van der Waals surface area contributed by atoms with Crippen LogP contribution in [0.4, 0.5) is 5.69 Å². The van der Waals surface area contributed by atoms with Crippen LogP contribution in [0.25, 0.3) is 10.9 Å². The lowest BCUT2D eigenvalue weighted by atomic mass is 9.93. The van der Waals surface area contributed by atoms with Gasteiger partial charge in [-0.15, -0.1) is 0 Å². The molecule has 0 saturated carbocycles. The number of likely N-dealkylation sites (tertiary alicyclic amines) is 1. The molecule has 0 radical (unpaired) electrons. The van der Waals surface area contributed by atoms with Crippen molar-refractivity contribution in [2.75, 3.05) is 32.0 Å². The summed E-state index contributed by atoms with van der Waals surface area (Å²) in [4.78, 5) is 29.2. The van der Waals surface area contributed by atoms with Crippen LogP contribution >= 0.6 is 0 Å². The fraction of sp³-hybridized carbons (Fsp3) is 0.333. The van der Waals surface area contributed by atoms with Crippen molar-refractivity contribution in [2.45, 2.75) is 30.6 Å². The lowest BCUT2D eigenvalue weighted by Crippen LogP contribution is -2.44. The highest BCUT2D eigenvalue weighted by molar-refractivity contribution is 7.89. The van der Waals surface area contributed by atoms with Crippen molar-refractivity contribution in [3.63, 3.8) is 0 Å². The second kappa shape index (κ2) is 9.36. The standard InChI is InChI=1S/C24H28N4O4S/c1-17(29)25-20-7-9-21(10-8-20)33(31,32)27(2)16-24(30)28-13-11-18(12-14-28)23-15-19-5-3-4-6-22(19)26-23/h3-10,15,18,26H,11-14,16H2,1-2H3,(H,25,29). The first kappa shape index (κ1) is 23.0. The van der Waals surface area contributed by atoms with Gasteiger partial charge in [0.25, 0.3) is 0 Å². The van der Waals surface area contributed by atoms with Crippen LogP contribution in [0, 0.1) is 0 Å². The minimum atomic E-state index is -3.82. The molecule has 1 aromatic heterocycles. The molecule has 1 fully saturated rings. The van der Waals surface area contributed by atoms with Crippen LogP contribution in [-0.2, 0) is 19.6 Å². The molecular weight excluding hydrogens is 440 g/mol.